The van der Waals surface area contributed by atoms with Crippen molar-refractivity contribution in [3.63, 3.8) is 0 Å². The van der Waals surface area contributed by atoms with Gasteiger partial charge in [-0.25, -0.2) is 0 Å². The van der Waals surface area contributed by atoms with Crippen LogP contribution in [-0.2, 0) is 0 Å². The summed E-state index contributed by atoms with van der Waals surface area (Å²) < 4.78 is 0. The molecule has 0 atom stereocenters. The summed E-state index contributed by atoms with van der Waals surface area (Å²) in [5.74, 6) is 0. The fraction of sp³-hybridized carbons (Fsp3) is 0.571. The van der Waals surface area contributed by atoms with Gasteiger partial charge >= 0.3 is 0 Å². The number of hydrogen-bond acceptors (Lipinski definition) is 4. The molecule has 1 N–H and O–H groups in total. The number of rotatable bonds is 6. The molecule has 0 amide bonds. The molecular weight excluding hydrogens is 242 g/mol. The van der Waals surface area contributed by atoms with E-state index in [1.807, 2.05) is 27.1 Å². The summed E-state index contributed by atoms with van der Waals surface area (Å²) in [5.41, 5.74) is 1.70. The first-order chi connectivity index (χ1) is 8.73. The molecule has 1 aromatic carbocycles. The van der Waals surface area contributed by atoms with Crippen LogP contribution in [-0.4, -0.2) is 37.0 Å². The second-order valence-electron chi connectivity index (χ2n) is 5.98. The quantitative estimate of drug-likeness (QED) is 0.634. The Morgan fingerprint density at radius 3 is 2.53 bits per heavy atom. The molecule has 0 radical (unpaired) electrons. The number of benzene rings is 1. The van der Waals surface area contributed by atoms with Gasteiger partial charge in [-0.3, -0.25) is 10.1 Å². The topological polar surface area (TPSA) is 58.4 Å². The SMILES string of the molecule is Cc1cccc([N+](=O)[O-])c1NCC(C)(C)CN(C)C. The zero-order valence-electron chi connectivity index (χ0n) is 12.4. The summed E-state index contributed by atoms with van der Waals surface area (Å²) >= 11 is 0. The van der Waals surface area contributed by atoms with Crippen LogP contribution in [0, 0.1) is 22.5 Å². The van der Waals surface area contributed by atoms with Gasteiger partial charge in [0.25, 0.3) is 5.69 Å². The summed E-state index contributed by atoms with van der Waals surface area (Å²) in [6.07, 6.45) is 0. The summed E-state index contributed by atoms with van der Waals surface area (Å²) in [6, 6.07) is 5.13. The Hall–Kier alpha value is -1.62. The van der Waals surface area contributed by atoms with E-state index < -0.39 is 0 Å². The molecule has 1 rings (SSSR count). The molecule has 0 saturated heterocycles. The lowest BCUT2D eigenvalue weighted by molar-refractivity contribution is -0.384. The summed E-state index contributed by atoms with van der Waals surface area (Å²) in [6.45, 7) is 7.78. The van der Waals surface area contributed by atoms with E-state index in [0.717, 1.165) is 12.1 Å². The highest BCUT2D eigenvalue weighted by molar-refractivity contribution is 5.66. The summed E-state index contributed by atoms with van der Waals surface area (Å²) in [4.78, 5) is 12.8. The van der Waals surface area contributed by atoms with E-state index in [4.69, 9.17) is 0 Å². The standard InChI is InChI=1S/C14H23N3O2/c1-11-7-6-8-12(17(18)19)13(11)15-9-14(2,3)10-16(4)5/h6-8,15H,9-10H2,1-5H3. The molecule has 0 aliphatic heterocycles. The van der Waals surface area contributed by atoms with Crippen LogP contribution in [0.5, 0.6) is 0 Å². The van der Waals surface area contributed by atoms with E-state index in [1.165, 1.54) is 6.07 Å². The molecule has 0 fully saturated rings. The molecule has 0 aromatic heterocycles. The average Bonchev–Trinajstić information content (AvgIpc) is 2.25. The lowest BCUT2D eigenvalue weighted by Gasteiger charge is -2.29. The number of anilines is 1. The minimum Gasteiger partial charge on any atom is -0.379 e. The molecule has 5 nitrogen and oxygen atoms in total. The first kappa shape index (κ1) is 15.4. The molecule has 5 heteroatoms. The maximum absolute atomic E-state index is 11.0. The third-order valence-electron chi connectivity index (χ3n) is 2.94. The second-order valence-corrected chi connectivity index (χ2v) is 5.98. The highest BCUT2D eigenvalue weighted by Gasteiger charge is 2.21. The normalized spacial score (nSPS) is 11.7. The zero-order chi connectivity index (χ0) is 14.6. The van der Waals surface area contributed by atoms with Crippen LogP contribution in [0.2, 0.25) is 0 Å². The molecule has 0 aliphatic carbocycles. The Balaban J connectivity index is 2.86. The van der Waals surface area contributed by atoms with Crippen molar-refractivity contribution in [3.05, 3.63) is 33.9 Å². The number of nitrogens with zero attached hydrogens (tertiary/aromatic N) is 2. The van der Waals surface area contributed by atoms with Gasteiger partial charge in [0.05, 0.1) is 4.92 Å². The molecule has 0 aliphatic rings. The maximum Gasteiger partial charge on any atom is 0.292 e. The van der Waals surface area contributed by atoms with Crippen molar-refractivity contribution in [2.24, 2.45) is 5.41 Å². The van der Waals surface area contributed by atoms with Gasteiger partial charge in [0.15, 0.2) is 0 Å². The van der Waals surface area contributed by atoms with Crippen LogP contribution in [0.1, 0.15) is 19.4 Å². The van der Waals surface area contributed by atoms with Gasteiger partial charge in [0.2, 0.25) is 0 Å². The highest BCUT2D eigenvalue weighted by atomic mass is 16.6. The van der Waals surface area contributed by atoms with Gasteiger partial charge in [-0.05, 0) is 32.0 Å². The predicted octanol–water partition coefficient (Wildman–Crippen LogP) is 2.90. The molecule has 0 bridgehead atoms. The van der Waals surface area contributed by atoms with Crippen molar-refractivity contribution in [1.29, 1.82) is 0 Å². The smallest absolute Gasteiger partial charge is 0.292 e. The predicted molar refractivity (Wildman–Crippen MR) is 78.7 cm³/mol. The maximum atomic E-state index is 11.0. The lowest BCUT2D eigenvalue weighted by atomic mass is 9.92. The fourth-order valence-corrected chi connectivity index (χ4v) is 2.27. The Bertz CT molecular complexity index is 456. The second kappa shape index (κ2) is 6.02. The fourth-order valence-electron chi connectivity index (χ4n) is 2.27. The van der Waals surface area contributed by atoms with Crippen molar-refractivity contribution < 1.29 is 4.92 Å². The van der Waals surface area contributed by atoms with Crippen LogP contribution in [0.25, 0.3) is 0 Å². The van der Waals surface area contributed by atoms with Crippen LogP contribution >= 0.6 is 0 Å². The van der Waals surface area contributed by atoms with E-state index >= 15 is 0 Å². The minimum atomic E-state index is -0.339. The van der Waals surface area contributed by atoms with E-state index in [2.05, 4.69) is 24.1 Å². The zero-order valence-corrected chi connectivity index (χ0v) is 12.4. The van der Waals surface area contributed by atoms with Gasteiger partial charge < -0.3 is 10.2 Å². The number of nitro groups is 1. The molecule has 0 heterocycles. The summed E-state index contributed by atoms with van der Waals surface area (Å²) in [7, 11) is 4.05. The molecular formula is C14H23N3O2. The Kier molecular flexibility index (Phi) is 4.89. The van der Waals surface area contributed by atoms with Crippen molar-refractivity contribution in [2.45, 2.75) is 20.8 Å². The van der Waals surface area contributed by atoms with E-state index in [-0.39, 0.29) is 16.0 Å². The van der Waals surface area contributed by atoms with Crippen LogP contribution in [0.4, 0.5) is 11.4 Å². The minimum absolute atomic E-state index is 0.0413. The molecule has 0 unspecified atom stereocenters. The number of nitro benzene ring substituents is 1. The van der Waals surface area contributed by atoms with Crippen molar-refractivity contribution in [1.82, 2.24) is 4.90 Å². The van der Waals surface area contributed by atoms with Crippen molar-refractivity contribution >= 4 is 11.4 Å². The third-order valence-corrected chi connectivity index (χ3v) is 2.94. The van der Waals surface area contributed by atoms with Crippen molar-refractivity contribution in [3.8, 4) is 0 Å². The Morgan fingerprint density at radius 2 is 2.00 bits per heavy atom. The van der Waals surface area contributed by atoms with E-state index in [9.17, 15) is 10.1 Å². The molecule has 106 valence electrons. The van der Waals surface area contributed by atoms with Gasteiger partial charge in [-0.1, -0.05) is 26.0 Å². The van der Waals surface area contributed by atoms with Crippen molar-refractivity contribution in [2.75, 3.05) is 32.5 Å². The number of nitrogens with one attached hydrogen (secondary N) is 1. The average molecular weight is 265 g/mol. The Labute approximate surface area is 114 Å². The van der Waals surface area contributed by atoms with Crippen LogP contribution in [0.15, 0.2) is 18.2 Å². The lowest BCUT2D eigenvalue weighted by Crippen LogP contribution is -2.34. The van der Waals surface area contributed by atoms with Gasteiger partial charge in [0.1, 0.15) is 5.69 Å². The molecule has 0 saturated carbocycles. The number of hydrogen-bond donors (Lipinski definition) is 1. The van der Waals surface area contributed by atoms with Gasteiger partial charge in [-0.15, -0.1) is 0 Å². The molecule has 1 aromatic rings. The number of para-hydroxylation sites is 1. The van der Waals surface area contributed by atoms with Gasteiger partial charge in [0, 0.05) is 19.2 Å². The Morgan fingerprint density at radius 1 is 1.37 bits per heavy atom. The monoisotopic (exact) mass is 265 g/mol. The van der Waals surface area contributed by atoms with Crippen LogP contribution in [0.3, 0.4) is 0 Å². The first-order valence-corrected chi connectivity index (χ1v) is 6.35. The largest absolute Gasteiger partial charge is 0.379 e. The summed E-state index contributed by atoms with van der Waals surface area (Å²) in [5, 5.41) is 14.3. The van der Waals surface area contributed by atoms with E-state index in [1.54, 1.807) is 6.07 Å². The highest BCUT2D eigenvalue weighted by Crippen LogP contribution is 2.29. The van der Waals surface area contributed by atoms with Crippen LogP contribution < -0.4 is 5.32 Å². The molecule has 0 spiro atoms. The van der Waals surface area contributed by atoms with Gasteiger partial charge in [-0.2, -0.15) is 0 Å². The first-order valence-electron chi connectivity index (χ1n) is 6.35. The number of aryl methyl sites for hydroxylation is 1. The van der Waals surface area contributed by atoms with E-state index in [0.29, 0.717) is 12.2 Å². The molecule has 19 heavy (non-hydrogen) atoms. The third kappa shape index (κ3) is 4.52.